The summed E-state index contributed by atoms with van der Waals surface area (Å²) in [5.74, 6) is 3.03. The maximum Gasteiger partial charge on any atom is 0.191 e. The molecule has 2 fully saturated rings. The molecule has 2 aliphatic rings. The van der Waals surface area contributed by atoms with Crippen LogP contribution >= 0.6 is 11.8 Å². The Labute approximate surface area is 220 Å². The first-order valence-corrected chi connectivity index (χ1v) is 14.3. The second-order valence-corrected chi connectivity index (χ2v) is 11.3. The van der Waals surface area contributed by atoms with Gasteiger partial charge < -0.3 is 19.1 Å². The van der Waals surface area contributed by atoms with Crippen LogP contribution in [0, 0.1) is 5.41 Å². The van der Waals surface area contributed by atoms with Gasteiger partial charge in [-0.2, -0.15) is 0 Å². The van der Waals surface area contributed by atoms with Crippen molar-refractivity contribution in [3.63, 3.8) is 0 Å². The lowest BCUT2D eigenvalue weighted by molar-refractivity contribution is 0.0791. The van der Waals surface area contributed by atoms with Crippen LogP contribution in [-0.2, 0) is 7.05 Å². The Morgan fingerprint density at radius 1 is 0.861 bits per heavy atom. The zero-order chi connectivity index (χ0) is 24.8. The van der Waals surface area contributed by atoms with Crippen molar-refractivity contribution in [2.75, 3.05) is 50.5 Å². The fraction of sp³-hybridized carbons (Fsp3) is 0.517. The van der Waals surface area contributed by atoms with E-state index in [1.807, 2.05) is 30.0 Å². The number of piperidine rings is 2. The molecule has 0 bridgehead atoms. The van der Waals surface area contributed by atoms with Gasteiger partial charge in [0.25, 0.3) is 0 Å². The molecule has 36 heavy (non-hydrogen) atoms. The van der Waals surface area contributed by atoms with E-state index >= 15 is 0 Å². The van der Waals surface area contributed by atoms with E-state index in [-0.39, 0.29) is 0 Å². The largest absolute Gasteiger partial charge is 0.495 e. The van der Waals surface area contributed by atoms with Crippen LogP contribution in [-0.4, -0.2) is 65.3 Å². The summed E-state index contributed by atoms with van der Waals surface area (Å²) in [6, 6.07) is 18.7. The van der Waals surface area contributed by atoms with Crippen molar-refractivity contribution in [1.82, 2.24) is 19.7 Å². The molecule has 6 nitrogen and oxygen atoms in total. The van der Waals surface area contributed by atoms with Crippen LogP contribution in [0.2, 0.25) is 0 Å². The third-order valence-electron chi connectivity index (χ3n) is 8.13. The van der Waals surface area contributed by atoms with E-state index in [0.29, 0.717) is 5.41 Å². The minimum Gasteiger partial charge on any atom is -0.495 e. The van der Waals surface area contributed by atoms with Crippen LogP contribution in [0.25, 0.3) is 11.4 Å². The van der Waals surface area contributed by atoms with Crippen molar-refractivity contribution in [2.45, 2.75) is 43.7 Å². The highest BCUT2D eigenvalue weighted by atomic mass is 32.2. The number of ether oxygens (including phenoxy) is 1. The average molecular weight is 506 g/mol. The summed E-state index contributed by atoms with van der Waals surface area (Å²) < 4.78 is 7.71. The lowest BCUT2D eigenvalue weighted by atomic mass is 9.71. The maximum atomic E-state index is 5.60. The molecule has 7 heteroatoms. The molecule has 2 aromatic carbocycles. The Balaban J connectivity index is 1.01. The number of para-hydroxylation sites is 2. The van der Waals surface area contributed by atoms with Crippen LogP contribution in [0.3, 0.4) is 0 Å². The van der Waals surface area contributed by atoms with E-state index < -0.39 is 0 Å². The molecule has 0 atom stereocenters. The minimum atomic E-state index is 0.548. The van der Waals surface area contributed by atoms with Crippen molar-refractivity contribution < 1.29 is 4.74 Å². The number of nitrogens with zero attached hydrogens (tertiary/aromatic N) is 5. The molecule has 3 aromatic rings. The Hall–Kier alpha value is -2.51. The number of aromatic nitrogens is 3. The van der Waals surface area contributed by atoms with Gasteiger partial charge in [0.2, 0.25) is 0 Å². The number of rotatable bonds is 9. The fourth-order valence-corrected chi connectivity index (χ4v) is 6.65. The molecule has 0 aliphatic carbocycles. The highest BCUT2D eigenvalue weighted by Gasteiger charge is 2.37. The molecule has 2 aliphatic heterocycles. The molecule has 0 amide bonds. The Morgan fingerprint density at radius 2 is 1.56 bits per heavy atom. The second kappa shape index (κ2) is 11.7. The Kier molecular flexibility index (Phi) is 8.17. The predicted molar refractivity (Wildman–Crippen MR) is 149 cm³/mol. The van der Waals surface area contributed by atoms with Crippen molar-refractivity contribution in [2.24, 2.45) is 12.5 Å². The van der Waals surface area contributed by atoms with Crippen molar-refractivity contribution in [3.8, 4) is 17.1 Å². The summed E-state index contributed by atoms with van der Waals surface area (Å²) in [5, 5.41) is 9.83. The number of unbranched alkanes of at least 4 members (excludes halogenated alkanes) is 1. The van der Waals surface area contributed by atoms with Crippen LogP contribution in [0.4, 0.5) is 5.69 Å². The topological polar surface area (TPSA) is 46.4 Å². The number of anilines is 1. The molecule has 2 saturated heterocycles. The SMILES string of the molecule is COc1ccccc1N1CCC2(CCN(CCCCSc3nnc(-c4ccccc4)n3C)CC2)CC1. The molecular weight excluding hydrogens is 466 g/mol. The summed E-state index contributed by atoms with van der Waals surface area (Å²) in [5.41, 5.74) is 2.92. The number of hydrogen-bond acceptors (Lipinski definition) is 6. The highest BCUT2D eigenvalue weighted by molar-refractivity contribution is 7.99. The smallest absolute Gasteiger partial charge is 0.191 e. The van der Waals surface area contributed by atoms with Crippen LogP contribution in [0.1, 0.15) is 38.5 Å². The highest BCUT2D eigenvalue weighted by Crippen LogP contribution is 2.43. The molecule has 0 radical (unpaired) electrons. The second-order valence-electron chi connectivity index (χ2n) is 10.3. The minimum absolute atomic E-state index is 0.548. The van der Waals surface area contributed by atoms with Gasteiger partial charge >= 0.3 is 0 Å². The van der Waals surface area contributed by atoms with Gasteiger partial charge in [-0.05, 0) is 75.7 Å². The molecular formula is C29H39N5OS. The first kappa shape index (κ1) is 25.2. The van der Waals surface area contributed by atoms with E-state index in [0.717, 1.165) is 41.1 Å². The molecule has 0 saturated carbocycles. The van der Waals surface area contributed by atoms with Gasteiger partial charge in [-0.25, -0.2) is 0 Å². The molecule has 5 rings (SSSR count). The predicted octanol–water partition coefficient (Wildman–Crippen LogP) is 5.75. The monoisotopic (exact) mass is 505 g/mol. The molecule has 192 valence electrons. The number of likely N-dealkylation sites (tertiary alicyclic amines) is 1. The first-order chi connectivity index (χ1) is 17.7. The van der Waals surface area contributed by atoms with E-state index in [2.05, 4.69) is 68.0 Å². The van der Waals surface area contributed by atoms with Crippen molar-refractivity contribution in [3.05, 3.63) is 54.6 Å². The molecule has 3 heterocycles. The third kappa shape index (κ3) is 5.73. The lowest BCUT2D eigenvalue weighted by Gasteiger charge is -2.47. The maximum absolute atomic E-state index is 5.60. The van der Waals surface area contributed by atoms with E-state index in [1.165, 1.54) is 63.8 Å². The molecule has 1 aromatic heterocycles. The zero-order valence-electron chi connectivity index (χ0n) is 21.7. The standard InChI is InChI=1S/C29H39N5OS/c1-32-27(24-10-4-3-5-11-24)30-31-28(32)36-23-9-8-18-33-19-14-29(15-20-33)16-21-34(22-17-29)25-12-6-7-13-26(25)35-2/h3-7,10-13H,8-9,14-23H2,1-2H3. The van der Waals surface area contributed by atoms with Crippen LogP contribution < -0.4 is 9.64 Å². The third-order valence-corrected chi connectivity index (χ3v) is 9.24. The lowest BCUT2D eigenvalue weighted by Crippen LogP contribution is -2.47. The van der Waals surface area contributed by atoms with Gasteiger partial charge in [0.05, 0.1) is 12.8 Å². The normalized spacial score (nSPS) is 18.0. The van der Waals surface area contributed by atoms with Crippen molar-refractivity contribution in [1.29, 1.82) is 0 Å². The fourth-order valence-electron chi connectivity index (χ4n) is 5.74. The van der Waals surface area contributed by atoms with Crippen LogP contribution in [0.15, 0.2) is 59.8 Å². The summed E-state index contributed by atoms with van der Waals surface area (Å²) in [7, 11) is 3.84. The van der Waals surface area contributed by atoms with Gasteiger partial charge in [0.1, 0.15) is 5.75 Å². The van der Waals surface area contributed by atoms with E-state index in [1.54, 1.807) is 7.11 Å². The zero-order valence-corrected chi connectivity index (χ0v) is 22.6. The van der Waals surface area contributed by atoms with E-state index in [4.69, 9.17) is 4.74 Å². The Bertz CT molecular complexity index is 1100. The number of hydrogen-bond donors (Lipinski definition) is 0. The number of methoxy groups -OCH3 is 1. The number of thioether (sulfide) groups is 1. The molecule has 0 N–H and O–H groups in total. The first-order valence-electron chi connectivity index (χ1n) is 13.4. The van der Waals surface area contributed by atoms with Gasteiger partial charge in [-0.15, -0.1) is 10.2 Å². The summed E-state index contributed by atoms with van der Waals surface area (Å²) in [6.45, 7) is 6.02. The van der Waals surface area contributed by atoms with E-state index in [9.17, 15) is 0 Å². The average Bonchev–Trinajstić information content (AvgIpc) is 3.30. The number of benzene rings is 2. The summed E-state index contributed by atoms with van der Waals surface area (Å²) >= 11 is 1.82. The molecule has 1 spiro atoms. The Morgan fingerprint density at radius 3 is 2.31 bits per heavy atom. The van der Waals surface area contributed by atoms with Crippen molar-refractivity contribution >= 4 is 17.4 Å². The van der Waals surface area contributed by atoms with Crippen LogP contribution in [0.5, 0.6) is 5.75 Å². The quantitative estimate of drug-likeness (QED) is 0.273. The van der Waals surface area contributed by atoms with Gasteiger partial charge in [-0.1, -0.05) is 54.2 Å². The summed E-state index contributed by atoms with van der Waals surface area (Å²) in [6.07, 6.45) is 7.78. The molecule has 0 unspecified atom stereocenters. The summed E-state index contributed by atoms with van der Waals surface area (Å²) in [4.78, 5) is 5.21. The van der Waals surface area contributed by atoms with Gasteiger partial charge in [0.15, 0.2) is 11.0 Å². The van der Waals surface area contributed by atoms with Gasteiger partial charge in [-0.3, -0.25) is 0 Å². The van der Waals surface area contributed by atoms with Gasteiger partial charge in [0, 0.05) is 31.5 Å².